The van der Waals surface area contributed by atoms with Crippen molar-refractivity contribution in [3.63, 3.8) is 0 Å². The number of benzene rings is 2. The summed E-state index contributed by atoms with van der Waals surface area (Å²) in [5.74, 6) is 0.0526. The molecule has 1 aromatic heterocycles. The van der Waals surface area contributed by atoms with E-state index in [0.717, 1.165) is 22.1 Å². The van der Waals surface area contributed by atoms with Gasteiger partial charge in [0.1, 0.15) is 11.3 Å². The fourth-order valence-electron chi connectivity index (χ4n) is 2.67. The first-order valence-corrected chi connectivity index (χ1v) is 7.76. The minimum atomic E-state index is -2.90. The molecule has 0 spiro atoms. The number of aryl methyl sites for hydroxylation is 2. The number of halogens is 2. The SMILES string of the molecule is Cc1ccc2c(CNc3ccccc3OC(F)F)cc(=O)oc2c1C. The lowest BCUT2D eigenvalue weighted by Gasteiger charge is -2.14. The van der Waals surface area contributed by atoms with Crippen molar-refractivity contribution < 1.29 is 17.9 Å². The molecule has 0 aliphatic heterocycles. The summed E-state index contributed by atoms with van der Waals surface area (Å²) in [6.07, 6.45) is 0. The van der Waals surface area contributed by atoms with Crippen molar-refractivity contribution in [2.45, 2.75) is 27.0 Å². The number of rotatable bonds is 5. The molecule has 130 valence electrons. The quantitative estimate of drug-likeness (QED) is 0.686. The molecule has 0 amide bonds. The molecule has 0 aliphatic rings. The Morgan fingerprint density at radius 3 is 2.68 bits per heavy atom. The van der Waals surface area contributed by atoms with Gasteiger partial charge in [0.2, 0.25) is 0 Å². The second kappa shape index (κ2) is 6.93. The molecule has 4 nitrogen and oxygen atoms in total. The van der Waals surface area contributed by atoms with Crippen molar-refractivity contribution in [3.05, 3.63) is 69.6 Å². The molecular weight excluding hydrogens is 328 g/mol. The van der Waals surface area contributed by atoms with Gasteiger partial charge in [0.05, 0.1) is 5.69 Å². The van der Waals surface area contributed by atoms with E-state index < -0.39 is 12.2 Å². The highest BCUT2D eigenvalue weighted by atomic mass is 19.3. The van der Waals surface area contributed by atoms with Gasteiger partial charge in [-0.2, -0.15) is 8.78 Å². The van der Waals surface area contributed by atoms with Crippen LogP contribution in [0.25, 0.3) is 11.0 Å². The van der Waals surface area contributed by atoms with Crippen LogP contribution in [-0.4, -0.2) is 6.61 Å². The van der Waals surface area contributed by atoms with Crippen molar-refractivity contribution in [2.75, 3.05) is 5.32 Å². The van der Waals surface area contributed by atoms with E-state index in [1.54, 1.807) is 18.2 Å². The summed E-state index contributed by atoms with van der Waals surface area (Å²) in [6, 6.07) is 11.7. The summed E-state index contributed by atoms with van der Waals surface area (Å²) in [7, 11) is 0. The zero-order chi connectivity index (χ0) is 18.0. The van der Waals surface area contributed by atoms with Crippen LogP contribution >= 0.6 is 0 Å². The molecule has 0 unspecified atom stereocenters. The van der Waals surface area contributed by atoms with E-state index in [-0.39, 0.29) is 12.3 Å². The number of fused-ring (bicyclic) bond motifs is 1. The summed E-state index contributed by atoms with van der Waals surface area (Å²) < 4.78 is 34.8. The van der Waals surface area contributed by atoms with Crippen LogP contribution in [0.3, 0.4) is 0 Å². The van der Waals surface area contributed by atoms with E-state index in [1.807, 2.05) is 26.0 Å². The van der Waals surface area contributed by atoms with E-state index in [4.69, 9.17) is 4.42 Å². The average molecular weight is 345 g/mol. The summed E-state index contributed by atoms with van der Waals surface area (Å²) >= 11 is 0. The second-order valence-corrected chi connectivity index (χ2v) is 5.70. The molecule has 6 heteroatoms. The van der Waals surface area contributed by atoms with Crippen molar-refractivity contribution in [1.29, 1.82) is 0 Å². The maximum absolute atomic E-state index is 12.5. The van der Waals surface area contributed by atoms with Crippen LogP contribution in [0.1, 0.15) is 16.7 Å². The molecule has 3 rings (SSSR count). The number of para-hydroxylation sites is 2. The van der Waals surface area contributed by atoms with E-state index >= 15 is 0 Å². The van der Waals surface area contributed by atoms with Gasteiger partial charge in [-0.15, -0.1) is 0 Å². The molecule has 0 radical (unpaired) electrons. The normalized spacial score (nSPS) is 11.1. The molecule has 0 aliphatic carbocycles. The predicted octanol–water partition coefficient (Wildman–Crippen LogP) is 4.62. The van der Waals surface area contributed by atoms with Gasteiger partial charge in [-0.1, -0.05) is 24.3 Å². The molecule has 0 bridgehead atoms. The smallest absolute Gasteiger partial charge is 0.387 e. The van der Waals surface area contributed by atoms with Crippen LogP contribution in [0.5, 0.6) is 5.75 Å². The van der Waals surface area contributed by atoms with E-state index in [9.17, 15) is 13.6 Å². The van der Waals surface area contributed by atoms with Crippen molar-refractivity contribution in [3.8, 4) is 5.75 Å². The summed E-state index contributed by atoms with van der Waals surface area (Å²) in [5.41, 5.74) is 3.17. The molecule has 0 fully saturated rings. The van der Waals surface area contributed by atoms with Gasteiger partial charge in [-0.25, -0.2) is 4.79 Å². The lowest BCUT2D eigenvalue weighted by molar-refractivity contribution is -0.0493. The Morgan fingerprint density at radius 1 is 1.16 bits per heavy atom. The lowest BCUT2D eigenvalue weighted by Crippen LogP contribution is -2.09. The Balaban J connectivity index is 1.95. The Kier molecular flexibility index (Phi) is 4.70. The molecule has 3 aromatic rings. The van der Waals surface area contributed by atoms with Crippen LogP contribution in [0, 0.1) is 13.8 Å². The topological polar surface area (TPSA) is 51.5 Å². The zero-order valence-electron chi connectivity index (χ0n) is 13.8. The van der Waals surface area contributed by atoms with Crippen LogP contribution in [0.15, 0.2) is 51.7 Å². The number of anilines is 1. The summed E-state index contributed by atoms with van der Waals surface area (Å²) in [5, 5.41) is 3.86. The number of alkyl halides is 2. The third-order valence-electron chi connectivity index (χ3n) is 4.09. The third kappa shape index (κ3) is 3.63. The van der Waals surface area contributed by atoms with Gasteiger partial charge in [-0.05, 0) is 42.7 Å². The number of hydrogen-bond acceptors (Lipinski definition) is 4. The van der Waals surface area contributed by atoms with E-state index in [0.29, 0.717) is 11.3 Å². The van der Waals surface area contributed by atoms with Crippen LogP contribution in [-0.2, 0) is 6.54 Å². The molecule has 0 saturated heterocycles. The van der Waals surface area contributed by atoms with Crippen molar-refractivity contribution in [1.82, 2.24) is 0 Å². The summed E-state index contributed by atoms with van der Waals surface area (Å²) in [4.78, 5) is 11.9. The van der Waals surface area contributed by atoms with Gasteiger partial charge in [0, 0.05) is 18.0 Å². The molecule has 0 atom stereocenters. The fraction of sp³-hybridized carbons (Fsp3) is 0.211. The monoisotopic (exact) mass is 345 g/mol. The van der Waals surface area contributed by atoms with Crippen molar-refractivity contribution in [2.24, 2.45) is 0 Å². The molecule has 0 saturated carbocycles. The summed E-state index contributed by atoms with van der Waals surface area (Å²) in [6.45, 7) is 1.20. The third-order valence-corrected chi connectivity index (χ3v) is 4.09. The zero-order valence-corrected chi connectivity index (χ0v) is 13.8. The molecule has 1 N–H and O–H groups in total. The maximum Gasteiger partial charge on any atom is 0.387 e. The molecule has 2 aromatic carbocycles. The largest absolute Gasteiger partial charge is 0.433 e. The number of hydrogen-bond donors (Lipinski definition) is 1. The maximum atomic E-state index is 12.5. The predicted molar refractivity (Wildman–Crippen MR) is 92.4 cm³/mol. The number of nitrogens with one attached hydrogen (secondary N) is 1. The first-order chi connectivity index (χ1) is 12.0. The fourth-order valence-corrected chi connectivity index (χ4v) is 2.67. The highest BCUT2D eigenvalue weighted by Gasteiger charge is 2.12. The van der Waals surface area contributed by atoms with Crippen LogP contribution < -0.4 is 15.7 Å². The molecule has 25 heavy (non-hydrogen) atoms. The lowest BCUT2D eigenvalue weighted by atomic mass is 10.0. The van der Waals surface area contributed by atoms with Gasteiger partial charge >= 0.3 is 12.2 Å². The standard InChI is InChI=1S/C19H17F2NO3/c1-11-7-8-14-13(9-17(23)25-18(14)12(11)2)10-22-15-5-3-4-6-16(15)24-19(20)21/h3-9,19,22H,10H2,1-2H3. The van der Waals surface area contributed by atoms with E-state index in [2.05, 4.69) is 10.1 Å². The number of ether oxygens (including phenoxy) is 1. The van der Waals surface area contributed by atoms with Gasteiger partial charge in [0.25, 0.3) is 0 Å². The Labute approximate surface area is 143 Å². The Hall–Kier alpha value is -2.89. The Bertz CT molecular complexity index is 967. The van der Waals surface area contributed by atoms with Crippen molar-refractivity contribution >= 4 is 16.7 Å². The van der Waals surface area contributed by atoms with Crippen LogP contribution in [0.2, 0.25) is 0 Å². The minimum Gasteiger partial charge on any atom is -0.433 e. The van der Waals surface area contributed by atoms with E-state index in [1.165, 1.54) is 12.1 Å². The van der Waals surface area contributed by atoms with Gasteiger partial charge in [0.15, 0.2) is 0 Å². The van der Waals surface area contributed by atoms with Gasteiger partial charge in [-0.3, -0.25) is 0 Å². The molecule has 1 heterocycles. The minimum absolute atomic E-state index is 0.0526. The Morgan fingerprint density at radius 2 is 1.92 bits per heavy atom. The first-order valence-electron chi connectivity index (χ1n) is 7.76. The van der Waals surface area contributed by atoms with Gasteiger partial charge < -0.3 is 14.5 Å². The highest BCUT2D eigenvalue weighted by Crippen LogP contribution is 2.28. The molecular formula is C19H17F2NO3. The van der Waals surface area contributed by atoms with Crippen LogP contribution in [0.4, 0.5) is 14.5 Å². The average Bonchev–Trinajstić information content (AvgIpc) is 2.57. The first kappa shape index (κ1) is 17.0. The highest BCUT2D eigenvalue weighted by molar-refractivity contribution is 5.84. The second-order valence-electron chi connectivity index (χ2n) is 5.70.